The maximum absolute atomic E-state index is 5.76. The Balaban J connectivity index is 2.16. The van der Waals surface area contributed by atoms with E-state index >= 15 is 0 Å². The molecule has 0 saturated carbocycles. The van der Waals surface area contributed by atoms with Crippen molar-refractivity contribution in [3.8, 4) is 0 Å². The van der Waals surface area contributed by atoms with Crippen LogP contribution in [-0.2, 0) is 4.74 Å². The maximum Gasteiger partial charge on any atom is 0.0702 e. The number of rotatable bonds is 10. The van der Waals surface area contributed by atoms with Crippen LogP contribution in [0.15, 0.2) is 0 Å². The summed E-state index contributed by atoms with van der Waals surface area (Å²) in [5.41, 5.74) is 5.70. The molecule has 3 heteroatoms. The van der Waals surface area contributed by atoms with Gasteiger partial charge in [0.05, 0.1) is 6.10 Å². The van der Waals surface area contributed by atoms with E-state index in [-0.39, 0.29) is 0 Å². The van der Waals surface area contributed by atoms with Crippen LogP contribution in [0.25, 0.3) is 0 Å². The number of hydrogen-bond donors (Lipinski definition) is 1. The number of ether oxygens (including phenoxy) is 1. The lowest BCUT2D eigenvalue weighted by atomic mass is 9.94. The largest absolute Gasteiger partial charge is 0.377 e. The molecule has 2 N–H and O–H groups in total. The van der Waals surface area contributed by atoms with Gasteiger partial charge in [-0.05, 0) is 64.6 Å². The van der Waals surface area contributed by atoms with Crippen molar-refractivity contribution < 1.29 is 4.74 Å². The Morgan fingerprint density at radius 2 is 2.11 bits per heavy atom. The third-order valence-corrected chi connectivity index (χ3v) is 4.22. The molecule has 0 amide bonds. The Bertz CT molecular complexity index is 203. The molecule has 1 aliphatic rings. The highest BCUT2D eigenvalue weighted by molar-refractivity contribution is 4.73. The molecule has 1 heterocycles. The molecule has 0 spiro atoms. The second-order valence-electron chi connectivity index (χ2n) is 5.89. The number of piperidine rings is 1. The van der Waals surface area contributed by atoms with Crippen molar-refractivity contribution in [2.45, 2.75) is 64.9 Å². The molecule has 114 valence electrons. The highest BCUT2D eigenvalue weighted by atomic mass is 16.5. The van der Waals surface area contributed by atoms with Crippen LogP contribution in [0.3, 0.4) is 0 Å². The molecular formula is C16H34N2O. The van der Waals surface area contributed by atoms with Gasteiger partial charge in [-0.1, -0.05) is 19.8 Å². The monoisotopic (exact) mass is 270 g/mol. The summed E-state index contributed by atoms with van der Waals surface area (Å²) in [6.45, 7) is 9.73. The van der Waals surface area contributed by atoms with Gasteiger partial charge in [0.25, 0.3) is 0 Å². The molecule has 0 radical (unpaired) electrons. The molecule has 1 fully saturated rings. The van der Waals surface area contributed by atoms with Gasteiger partial charge in [0.2, 0.25) is 0 Å². The van der Waals surface area contributed by atoms with Gasteiger partial charge in [-0.25, -0.2) is 0 Å². The quantitative estimate of drug-likeness (QED) is 0.663. The molecule has 0 aliphatic carbocycles. The fourth-order valence-corrected chi connectivity index (χ4v) is 3.27. The topological polar surface area (TPSA) is 38.5 Å². The Kier molecular flexibility index (Phi) is 9.48. The SMILES string of the molecule is CCCC(CCN)CCCN1CCCC(OCC)C1. The Morgan fingerprint density at radius 1 is 1.26 bits per heavy atom. The van der Waals surface area contributed by atoms with Crippen molar-refractivity contribution in [2.24, 2.45) is 11.7 Å². The van der Waals surface area contributed by atoms with E-state index in [1.54, 1.807) is 0 Å². The fraction of sp³-hybridized carbons (Fsp3) is 1.00. The van der Waals surface area contributed by atoms with Crippen LogP contribution in [0.1, 0.15) is 58.8 Å². The summed E-state index contributed by atoms with van der Waals surface area (Å²) in [5.74, 6) is 0.850. The molecule has 0 bridgehead atoms. The summed E-state index contributed by atoms with van der Waals surface area (Å²) in [5, 5.41) is 0. The summed E-state index contributed by atoms with van der Waals surface area (Å²) < 4.78 is 5.76. The van der Waals surface area contributed by atoms with Crippen molar-refractivity contribution >= 4 is 0 Å². The lowest BCUT2D eigenvalue weighted by Gasteiger charge is -2.32. The second kappa shape index (κ2) is 10.6. The number of hydrogen-bond acceptors (Lipinski definition) is 3. The fourth-order valence-electron chi connectivity index (χ4n) is 3.27. The van der Waals surface area contributed by atoms with Crippen LogP contribution in [0, 0.1) is 5.92 Å². The van der Waals surface area contributed by atoms with Crippen LogP contribution in [0.4, 0.5) is 0 Å². The van der Waals surface area contributed by atoms with Crippen molar-refractivity contribution in [2.75, 3.05) is 32.8 Å². The zero-order chi connectivity index (χ0) is 13.9. The Morgan fingerprint density at radius 3 is 2.79 bits per heavy atom. The minimum Gasteiger partial charge on any atom is -0.377 e. The van der Waals surface area contributed by atoms with E-state index in [2.05, 4.69) is 18.7 Å². The van der Waals surface area contributed by atoms with E-state index < -0.39 is 0 Å². The number of nitrogens with zero attached hydrogens (tertiary/aromatic N) is 1. The first-order valence-electron chi connectivity index (χ1n) is 8.34. The molecule has 1 aliphatic heterocycles. The minimum absolute atomic E-state index is 0.481. The third-order valence-electron chi connectivity index (χ3n) is 4.22. The maximum atomic E-state index is 5.76. The zero-order valence-corrected chi connectivity index (χ0v) is 13.1. The zero-order valence-electron chi connectivity index (χ0n) is 13.1. The predicted octanol–water partition coefficient (Wildman–Crippen LogP) is 3.03. The van der Waals surface area contributed by atoms with Crippen molar-refractivity contribution in [1.29, 1.82) is 0 Å². The molecule has 2 unspecified atom stereocenters. The minimum atomic E-state index is 0.481. The van der Waals surface area contributed by atoms with Gasteiger partial charge in [-0.2, -0.15) is 0 Å². The molecule has 2 atom stereocenters. The van der Waals surface area contributed by atoms with Crippen LogP contribution in [-0.4, -0.2) is 43.8 Å². The van der Waals surface area contributed by atoms with Crippen molar-refractivity contribution in [1.82, 2.24) is 4.90 Å². The summed E-state index contributed by atoms with van der Waals surface area (Å²) in [6.07, 6.45) is 9.54. The van der Waals surface area contributed by atoms with Gasteiger partial charge in [0.1, 0.15) is 0 Å². The summed E-state index contributed by atoms with van der Waals surface area (Å²) in [7, 11) is 0. The van der Waals surface area contributed by atoms with E-state index in [0.29, 0.717) is 6.10 Å². The molecule has 0 aromatic heterocycles. The summed E-state index contributed by atoms with van der Waals surface area (Å²) in [6, 6.07) is 0. The molecular weight excluding hydrogens is 236 g/mol. The standard InChI is InChI=1S/C16H34N2O/c1-3-7-15(10-11-17)8-5-12-18-13-6-9-16(14-18)19-4-2/h15-16H,3-14,17H2,1-2H3. The van der Waals surface area contributed by atoms with Gasteiger partial charge < -0.3 is 15.4 Å². The summed E-state index contributed by atoms with van der Waals surface area (Å²) >= 11 is 0. The Hall–Kier alpha value is -0.120. The first kappa shape index (κ1) is 16.9. The second-order valence-corrected chi connectivity index (χ2v) is 5.89. The van der Waals surface area contributed by atoms with Crippen LogP contribution >= 0.6 is 0 Å². The lowest BCUT2D eigenvalue weighted by Crippen LogP contribution is -2.40. The molecule has 0 aromatic carbocycles. The smallest absolute Gasteiger partial charge is 0.0702 e. The first-order valence-corrected chi connectivity index (χ1v) is 8.34. The van der Waals surface area contributed by atoms with E-state index in [9.17, 15) is 0 Å². The van der Waals surface area contributed by atoms with E-state index in [0.717, 1.165) is 25.6 Å². The molecule has 3 nitrogen and oxygen atoms in total. The normalized spacial score (nSPS) is 22.6. The highest BCUT2D eigenvalue weighted by Gasteiger charge is 2.19. The van der Waals surface area contributed by atoms with Gasteiger partial charge in [-0.15, -0.1) is 0 Å². The molecule has 19 heavy (non-hydrogen) atoms. The van der Waals surface area contributed by atoms with Gasteiger partial charge >= 0.3 is 0 Å². The van der Waals surface area contributed by atoms with E-state index in [4.69, 9.17) is 10.5 Å². The summed E-state index contributed by atoms with van der Waals surface area (Å²) in [4.78, 5) is 2.59. The predicted molar refractivity (Wildman–Crippen MR) is 82.4 cm³/mol. The highest BCUT2D eigenvalue weighted by Crippen LogP contribution is 2.19. The average Bonchev–Trinajstić information content (AvgIpc) is 2.40. The molecule has 1 rings (SSSR count). The molecule has 1 saturated heterocycles. The van der Waals surface area contributed by atoms with Gasteiger partial charge in [0, 0.05) is 13.2 Å². The van der Waals surface area contributed by atoms with Crippen molar-refractivity contribution in [3.63, 3.8) is 0 Å². The first-order chi connectivity index (χ1) is 9.30. The van der Waals surface area contributed by atoms with E-state index in [1.807, 2.05) is 0 Å². The third kappa shape index (κ3) is 7.28. The number of likely N-dealkylation sites (tertiary alicyclic amines) is 1. The lowest BCUT2D eigenvalue weighted by molar-refractivity contribution is 0.00531. The number of nitrogens with two attached hydrogens (primary N) is 1. The van der Waals surface area contributed by atoms with Gasteiger partial charge in [0.15, 0.2) is 0 Å². The Labute approximate surface area is 119 Å². The molecule has 0 aromatic rings. The average molecular weight is 270 g/mol. The van der Waals surface area contributed by atoms with Gasteiger partial charge in [-0.3, -0.25) is 0 Å². The van der Waals surface area contributed by atoms with Crippen LogP contribution in [0.5, 0.6) is 0 Å². The van der Waals surface area contributed by atoms with Crippen molar-refractivity contribution in [3.05, 3.63) is 0 Å². The van der Waals surface area contributed by atoms with Crippen LogP contribution in [0.2, 0.25) is 0 Å². The van der Waals surface area contributed by atoms with E-state index in [1.165, 1.54) is 58.0 Å². The van der Waals surface area contributed by atoms with Crippen LogP contribution < -0.4 is 5.73 Å².